The average Bonchev–Trinajstić information content (AvgIpc) is 3.43. The van der Waals surface area contributed by atoms with Crippen molar-refractivity contribution >= 4 is 17.0 Å². The maximum absolute atomic E-state index is 13.9. The SMILES string of the molecule is C[C@@H]1CC[C@@H](c2nc3cc(F)ccc3o2)CN1C(=O)c1ccc(F)cc1-n1nccn1. The number of rotatable bonds is 3. The van der Waals surface area contributed by atoms with Crippen LogP contribution in [0.3, 0.4) is 0 Å². The Labute approximate surface area is 176 Å². The van der Waals surface area contributed by atoms with E-state index >= 15 is 0 Å². The number of nitrogens with zero attached hydrogens (tertiary/aromatic N) is 5. The Balaban J connectivity index is 1.46. The summed E-state index contributed by atoms with van der Waals surface area (Å²) in [6, 6.07) is 8.14. The standard InChI is InChI=1S/C22H19F2N5O2/c1-13-2-3-14(21-27-18-10-15(23)5-7-20(18)31-21)12-28(13)22(30)17-6-4-16(24)11-19(17)29-25-8-9-26-29/h4-11,13-14H,2-3,12H2,1H3/t13-,14-/m1/s1. The molecule has 0 spiro atoms. The van der Waals surface area contributed by atoms with Crippen molar-refractivity contribution in [1.29, 1.82) is 0 Å². The predicted octanol–water partition coefficient (Wildman–Crippen LogP) is 4.10. The Morgan fingerprint density at radius 2 is 1.81 bits per heavy atom. The van der Waals surface area contributed by atoms with Gasteiger partial charge in [-0.05, 0) is 44.0 Å². The van der Waals surface area contributed by atoms with Crippen LogP contribution in [0.15, 0.2) is 53.2 Å². The zero-order valence-electron chi connectivity index (χ0n) is 16.7. The van der Waals surface area contributed by atoms with Crippen LogP contribution in [0.2, 0.25) is 0 Å². The van der Waals surface area contributed by atoms with Crippen molar-refractivity contribution in [3.63, 3.8) is 0 Å². The van der Waals surface area contributed by atoms with Gasteiger partial charge >= 0.3 is 0 Å². The Kier molecular flexibility index (Phi) is 4.72. The molecular weight excluding hydrogens is 404 g/mol. The van der Waals surface area contributed by atoms with Crippen LogP contribution < -0.4 is 0 Å². The molecule has 0 radical (unpaired) electrons. The number of benzene rings is 2. The summed E-state index contributed by atoms with van der Waals surface area (Å²) in [6.45, 7) is 2.36. The van der Waals surface area contributed by atoms with Crippen LogP contribution in [-0.4, -0.2) is 43.4 Å². The van der Waals surface area contributed by atoms with Crippen molar-refractivity contribution in [2.75, 3.05) is 6.54 Å². The molecule has 0 N–H and O–H groups in total. The number of hydrogen-bond acceptors (Lipinski definition) is 5. The fourth-order valence-electron chi connectivity index (χ4n) is 4.03. The molecule has 1 fully saturated rings. The molecule has 9 heteroatoms. The fraction of sp³-hybridized carbons (Fsp3) is 0.273. The molecule has 1 saturated heterocycles. The maximum Gasteiger partial charge on any atom is 0.256 e. The number of likely N-dealkylation sites (tertiary alicyclic amines) is 1. The van der Waals surface area contributed by atoms with Crippen LogP contribution in [0, 0.1) is 11.6 Å². The lowest BCUT2D eigenvalue weighted by Gasteiger charge is -2.37. The topological polar surface area (TPSA) is 77.0 Å². The predicted molar refractivity (Wildman–Crippen MR) is 108 cm³/mol. The molecule has 0 aliphatic carbocycles. The number of piperidine rings is 1. The largest absolute Gasteiger partial charge is 0.440 e. The van der Waals surface area contributed by atoms with Crippen LogP contribution in [0.1, 0.15) is 41.9 Å². The van der Waals surface area contributed by atoms with Gasteiger partial charge in [0.1, 0.15) is 22.8 Å². The van der Waals surface area contributed by atoms with Gasteiger partial charge in [0.2, 0.25) is 0 Å². The lowest BCUT2D eigenvalue weighted by molar-refractivity contribution is 0.0597. The first kappa shape index (κ1) is 19.3. The molecule has 1 aliphatic rings. The van der Waals surface area contributed by atoms with Crippen molar-refractivity contribution in [1.82, 2.24) is 24.9 Å². The Morgan fingerprint density at radius 3 is 2.61 bits per heavy atom. The smallest absolute Gasteiger partial charge is 0.256 e. The normalized spacial score (nSPS) is 19.1. The van der Waals surface area contributed by atoms with Gasteiger partial charge in [-0.15, -0.1) is 0 Å². The number of carbonyl (C=O) groups is 1. The molecule has 0 saturated carbocycles. The number of carbonyl (C=O) groups excluding carboxylic acids is 1. The summed E-state index contributed by atoms with van der Waals surface area (Å²) in [5, 5.41) is 8.08. The Bertz CT molecular complexity index is 1250. The molecule has 158 valence electrons. The average molecular weight is 423 g/mol. The molecule has 0 unspecified atom stereocenters. The summed E-state index contributed by atoms with van der Waals surface area (Å²) in [4.78, 5) is 20.9. The number of hydrogen-bond donors (Lipinski definition) is 0. The summed E-state index contributed by atoms with van der Waals surface area (Å²) >= 11 is 0. The zero-order valence-corrected chi connectivity index (χ0v) is 16.7. The van der Waals surface area contributed by atoms with Gasteiger partial charge in [0.15, 0.2) is 11.5 Å². The highest BCUT2D eigenvalue weighted by Crippen LogP contribution is 2.33. The van der Waals surface area contributed by atoms with E-state index in [1.54, 1.807) is 11.0 Å². The number of oxazole rings is 1. The van der Waals surface area contributed by atoms with E-state index in [4.69, 9.17) is 4.42 Å². The van der Waals surface area contributed by atoms with Gasteiger partial charge in [0, 0.05) is 24.7 Å². The highest BCUT2D eigenvalue weighted by atomic mass is 19.1. The second-order valence-corrected chi connectivity index (χ2v) is 7.72. The van der Waals surface area contributed by atoms with E-state index in [2.05, 4.69) is 15.2 Å². The summed E-state index contributed by atoms with van der Waals surface area (Å²) in [5.74, 6) is -0.739. The molecular formula is C22H19F2N5O2. The molecule has 2 aromatic heterocycles. The second kappa shape index (κ2) is 7.57. The van der Waals surface area contributed by atoms with Gasteiger partial charge in [-0.1, -0.05) is 0 Å². The molecule has 31 heavy (non-hydrogen) atoms. The minimum atomic E-state index is -0.480. The first-order valence-corrected chi connectivity index (χ1v) is 10.0. The van der Waals surface area contributed by atoms with Crippen LogP contribution >= 0.6 is 0 Å². The summed E-state index contributed by atoms with van der Waals surface area (Å²) in [5.41, 5.74) is 1.56. The van der Waals surface area contributed by atoms with Crippen LogP contribution in [0.4, 0.5) is 8.78 Å². The van der Waals surface area contributed by atoms with E-state index in [1.807, 2.05) is 6.92 Å². The lowest BCUT2D eigenvalue weighted by atomic mass is 9.92. The van der Waals surface area contributed by atoms with Crippen molar-refractivity contribution in [2.24, 2.45) is 0 Å². The van der Waals surface area contributed by atoms with Crippen molar-refractivity contribution in [3.8, 4) is 5.69 Å². The lowest BCUT2D eigenvalue weighted by Crippen LogP contribution is -2.45. The van der Waals surface area contributed by atoms with Gasteiger partial charge in [-0.3, -0.25) is 4.79 Å². The molecule has 0 bridgehead atoms. The van der Waals surface area contributed by atoms with Crippen molar-refractivity contribution < 1.29 is 18.0 Å². The Hall–Kier alpha value is -3.62. The highest BCUT2D eigenvalue weighted by Gasteiger charge is 2.34. The highest BCUT2D eigenvalue weighted by molar-refractivity contribution is 5.98. The molecule has 1 aliphatic heterocycles. The van der Waals surface area contributed by atoms with Crippen LogP contribution in [0.25, 0.3) is 16.8 Å². The molecule has 4 aromatic rings. The molecule has 5 rings (SSSR count). The number of amides is 1. The van der Waals surface area contributed by atoms with Crippen LogP contribution in [-0.2, 0) is 0 Å². The number of halogens is 2. The monoisotopic (exact) mass is 423 g/mol. The minimum absolute atomic E-state index is 0.0194. The molecule has 1 amide bonds. The summed E-state index contributed by atoms with van der Waals surface area (Å²) < 4.78 is 33.2. The van der Waals surface area contributed by atoms with E-state index in [0.717, 1.165) is 12.8 Å². The quantitative estimate of drug-likeness (QED) is 0.496. The van der Waals surface area contributed by atoms with E-state index in [-0.39, 0.29) is 29.4 Å². The summed E-state index contributed by atoms with van der Waals surface area (Å²) in [6.07, 6.45) is 4.47. The van der Waals surface area contributed by atoms with Gasteiger partial charge in [0.05, 0.1) is 23.9 Å². The number of fused-ring (bicyclic) bond motifs is 1. The third kappa shape index (κ3) is 3.56. The first-order valence-electron chi connectivity index (χ1n) is 10.0. The van der Waals surface area contributed by atoms with E-state index in [1.165, 1.54) is 47.5 Å². The zero-order chi connectivity index (χ0) is 21.5. The van der Waals surface area contributed by atoms with E-state index < -0.39 is 5.82 Å². The van der Waals surface area contributed by atoms with Gasteiger partial charge in [0.25, 0.3) is 5.91 Å². The molecule has 2 aromatic carbocycles. The fourth-order valence-corrected chi connectivity index (χ4v) is 4.03. The van der Waals surface area contributed by atoms with Crippen LogP contribution in [0.5, 0.6) is 0 Å². The molecule has 3 heterocycles. The van der Waals surface area contributed by atoms with Crippen molar-refractivity contribution in [2.45, 2.75) is 31.7 Å². The molecule has 2 atom stereocenters. The van der Waals surface area contributed by atoms with Gasteiger partial charge in [-0.2, -0.15) is 15.0 Å². The maximum atomic E-state index is 13.9. The number of aromatic nitrogens is 4. The first-order chi connectivity index (χ1) is 15.0. The third-order valence-electron chi connectivity index (χ3n) is 5.68. The van der Waals surface area contributed by atoms with Gasteiger partial charge in [-0.25, -0.2) is 13.8 Å². The van der Waals surface area contributed by atoms with Crippen molar-refractivity contribution in [3.05, 3.63) is 71.9 Å². The third-order valence-corrected chi connectivity index (χ3v) is 5.68. The van der Waals surface area contributed by atoms with E-state index in [9.17, 15) is 13.6 Å². The second-order valence-electron chi connectivity index (χ2n) is 7.72. The summed E-state index contributed by atoms with van der Waals surface area (Å²) in [7, 11) is 0. The molecule has 7 nitrogen and oxygen atoms in total. The minimum Gasteiger partial charge on any atom is -0.440 e. The van der Waals surface area contributed by atoms with E-state index in [0.29, 0.717) is 29.1 Å². The van der Waals surface area contributed by atoms with Gasteiger partial charge < -0.3 is 9.32 Å². The Morgan fingerprint density at radius 1 is 1.06 bits per heavy atom.